The van der Waals surface area contributed by atoms with E-state index in [4.69, 9.17) is 0 Å². The molecule has 24 rings (SSSR count). The smallest absolute Gasteiger partial charge is 0.0544 e. The standard InChI is InChI=1S/4C28H23N/c1-18-10-4-8-14-25(18)29-26-15-9-6-12-20(26)22-16-21-19-11-5-7-13-23(19)28(2,3)24(21)17-27(22)29;1-18-12-14-19(15-13-18)29-26-11-7-5-9-21(26)23-16-22-20-8-4-6-10-24(20)28(2,3)25(22)17-27(23)29;1-18-13-14-26-22(15-18)23-16-21-20-11-7-8-12-24(20)28(2,3)25(21)17-27(23)29(26)19-9-5-4-6-10-19;1-18-13-14-21-23-16-22-20-11-7-8-12-24(20)28(2,3)25(22)17-27(23)29(26(21)15-18)19-9-5-4-6-10-19/h4*4-17H,1-3H3. The molecule has 20 aromatic rings. The van der Waals surface area contributed by atoms with Crippen molar-refractivity contribution in [3.05, 3.63) is 406 Å². The number of hydrogen-bond donors (Lipinski definition) is 0. The topological polar surface area (TPSA) is 19.7 Å². The van der Waals surface area contributed by atoms with Crippen LogP contribution in [0, 0.1) is 27.7 Å². The van der Waals surface area contributed by atoms with Gasteiger partial charge in [-0.15, -0.1) is 0 Å². The highest BCUT2D eigenvalue weighted by molar-refractivity contribution is 6.16. The number of nitrogens with zero attached hydrogens (tertiary/aromatic N) is 4. The predicted octanol–water partition coefficient (Wildman–Crippen LogP) is 29.6. The first-order valence-corrected chi connectivity index (χ1v) is 41.2. The van der Waals surface area contributed by atoms with Gasteiger partial charge in [-0.25, -0.2) is 0 Å². The molecule has 0 spiro atoms. The minimum atomic E-state index is 0.00708. The summed E-state index contributed by atoms with van der Waals surface area (Å²) >= 11 is 0. The summed E-state index contributed by atoms with van der Waals surface area (Å²) in [5, 5.41) is 10.6. The predicted molar refractivity (Wildman–Crippen MR) is 492 cm³/mol. The largest absolute Gasteiger partial charge is 0.309 e. The number of aromatic nitrogens is 4. The molecular weight excluding hydrogens is 1400 g/mol. The Bertz CT molecular complexity index is 7440. The molecule has 560 valence electrons. The van der Waals surface area contributed by atoms with Gasteiger partial charge in [-0.3, -0.25) is 0 Å². The van der Waals surface area contributed by atoms with Gasteiger partial charge in [0.15, 0.2) is 0 Å². The van der Waals surface area contributed by atoms with Crippen LogP contribution in [0.2, 0.25) is 0 Å². The quantitative estimate of drug-likeness (QED) is 0.167. The Balaban J connectivity index is 0.0000000966. The van der Waals surface area contributed by atoms with Crippen LogP contribution >= 0.6 is 0 Å². The van der Waals surface area contributed by atoms with Crippen LogP contribution < -0.4 is 0 Å². The lowest BCUT2D eigenvalue weighted by Gasteiger charge is -2.21. The maximum atomic E-state index is 2.44. The summed E-state index contributed by atoms with van der Waals surface area (Å²) in [6, 6.07) is 125. The normalized spacial score (nSPS) is 14.3. The van der Waals surface area contributed by atoms with Crippen LogP contribution in [0.15, 0.2) is 340 Å². The number of fused-ring (bicyclic) bond motifs is 24. The fourth-order valence-corrected chi connectivity index (χ4v) is 20.7. The van der Waals surface area contributed by atoms with Gasteiger partial charge >= 0.3 is 0 Å². The van der Waals surface area contributed by atoms with E-state index in [1.54, 1.807) is 0 Å². The zero-order valence-corrected chi connectivity index (χ0v) is 68.1. The molecule has 0 aliphatic heterocycles. The summed E-state index contributed by atoms with van der Waals surface area (Å²) in [5.41, 5.74) is 42.7. The Hall–Kier alpha value is -13.3. The molecule has 0 N–H and O–H groups in total. The van der Waals surface area contributed by atoms with E-state index in [0.717, 1.165) is 0 Å². The third-order valence-corrected chi connectivity index (χ3v) is 26.7. The first kappa shape index (κ1) is 70.6. The summed E-state index contributed by atoms with van der Waals surface area (Å²) in [4.78, 5) is 0. The van der Waals surface area contributed by atoms with E-state index in [0.29, 0.717) is 0 Å². The van der Waals surface area contributed by atoms with Crippen LogP contribution in [0.3, 0.4) is 0 Å². The van der Waals surface area contributed by atoms with Gasteiger partial charge in [0, 0.05) is 87.5 Å². The van der Waals surface area contributed by atoms with Crippen molar-refractivity contribution in [1.29, 1.82) is 0 Å². The summed E-state index contributed by atoms with van der Waals surface area (Å²) < 4.78 is 9.71. The Morgan fingerprint density at radius 2 is 0.457 bits per heavy atom. The zero-order valence-electron chi connectivity index (χ0n) is 68.1. The first-order valence-electron chi connectivity index (χ1n) is 41.2. The third-order valence-electron chi connectivity index (χ3n) is 26.7. The molecule has 16 aromatic carbocycles. The van der Waals surface area contributed by atoms with Gasteiger partial charge in [0.25, 0.3) is 0 Å². The van der Waals surface area contributed by atoms with Gasteiger partial charge < -0.3 is 18.3 Å². The molecule has 4 aliphatic carbocycles. The Morgan fingerprint density at radius 1 is 0.172 bits per heavy atom. The van der Waals surface area contributed by atoms with Crippen molar-refractivity contribution in [3.63, 3.8) is 0 Å². The summed E-state index contributed by atoms with van der Waals surface area (Å²) in [5.74, 6) is 0. The van der Waals surface area contributed by atoms with Crippen LogP contribution in [0.5, 0.6) is 0 Å². The van der Waals surface area contributed by atoms with E-state index in [-0.39, 0.29) is 21.7 Å². The molecule has 4 aliphatic rings. The minimum Gasteiger partial charge on any atom is -0.309 e. The maximum absolute atomic E-state index is 2.44. The van der Waals surface area contributed by atoms with Crippen LogP contribution in [-0.4, -0.2) is 18.3 Å². The van der Waals surface area contributed by atoms with Gasteiger partial charge in [0.2, 0.25) is 0 Å². The number of hydrogen-bond acceptors (Lipinski definition) is 0. The Kier molecular flexibility index (Phi) is 15.9. The van der Waals surface area contributed by atoms with Crippen LogP contribution in [-0.2, 0) is 21.7 Å². The van der Waals surface area contributed by atoms with Crippen molar-refractivity contribution >= 4 is 87.2 Å². The molecule has 4 aromatic heterocycles. The molecule has 116 heavy (non-hydrogen) atoms. The van der Waals surface area contributed by atoms with Gasteiger partial charge in [-0.1, -0.05) is 285 Å². The second-order valence-corrected chi connectivity index (χ2v) is 35.1. The minimum absolute atomic E-state index is 0.00708. The Morgan fingerprint density at radius 3 is 0.888 bits per heavy atom. The van der Waals surface area contributed by atoms with Crippen molar-refractivity contribution in [2.24, 2.45) is 0 Å². The van der Waals surface area contributed by atoms with E-state index < -0.39 is 0 Å². The summed E-state index contributed by atoms with van der Waals surface area (Å²) in [6.45, 7) is 27.5. The number of rotatable bonds is 4. The molecule has 4 nitrogen and oxygen atoms in total. The first-order chi connectivity index (χ1) is 56.2. The molecular formula is C112H92N4. The highest BCUT2D eigenvalue weighted by atomic mass is 15.0. The van der Waals surface area contributed by atoms with E-state index in [2.05, 4.69) is 441 Å². The summed E-state index contributed by atoms with van der Waals surface area (Å²) in [6.07, 6.45) is 0. The fraction of sp³-hybridized carbons (Fsp3) is 0.143. The molecule has 4 heterocycles. The third kappa shape index (κ3) is 10.6. The lowest BCUT2D eigenvalue weighted by molar-refractivity contribution is 0.661. The van der Waals surface area contributed by atoms with Gasteiger partial charge in [0.1, 0.15) is 0 Å². The maximum Gasteiger partial charge on any atom is 0.0544 e. The van der Waals surface area contributed by atoms with Crippen molar-refractivity contribution in [1.82, 2.24) is 18.3 Å². The van der Waals surface area contributed by atoms with Crippen LogP contribution in [0.25, 0.3) is 154 Å². The van der Waals surface area contributed by atoms with Crippen molar-refractivity contribution in [3.8, 4) is 67.3 Å². The zero-order chi connectivity index (χ0) is 79.0. The molecule has 0 fully saturated rings. The molecule has 0 radical (unpaired) electrons. The molecule has 0 amide bonds. The van der Waals surface area contributed by atoms with Crippen molar-refractivity contribution < 1.29 is 0 Å². The average molecular weight is 1490 g/mol. The van der Waals surface area contributed by atoms with E-state index in [9.17, 15) is 0 Å². The van der Waals surface area contributed by atoms with Crippen molar-refractivity contribution in [2.75, 3.05) is 0 Å². The number of benzene rings is 16. The van der Waals surface area contributed by atoms with Gasteiger partial charge in [-0.2, -0.15) is 0 Å². The number of aryl methyl sites for hydroxylation is 4. The molecule has 0 saturated carbocycles. The molecule has 0 bridgehead atoms. The molecule has 0 unspecified atom stereocenters. The van der Waals surface area contributed by atoms with Gasteiger partial charge in [0.05, 0.1) is 44.1 Å². The van der Waals surface area contributed by atoms with E-state index >= 15 is 0 Å². The lowest BCUT2D eigenvalue weighted by Crippen LogP contribution is -2.15. The summed E-state index contributed by atoms with van der Waals surface area (Å²) in [7, 11) is 0. The number of para-hydroxylation sites is 5. The van der Waals surface area contributed by atoms with E-state index in [1.807, 2.05) is 0 Å². The average Bonchev–Trinajstić information content (AvgIpc) is 1.57. The second kappa shape index (κ2) is 26.1. The molecule has 0 saturated heterocycles. The van der Waals surface area contributed by atoms with Crippen LogP contribution in [0.1, 0.15) is 122 Å². The molecule has 4 heteroatoms. The second-order valence-electron chi connectivity index (χ2n) is 35.1. The van der Waals surface area contributed by atoms with Gasteiger partial charge in [-0.05, 0) is 249 Å². The lowest BCUT2D eigenvalue weighted by atomic mass is 9.82. The van der Waals surface area contributed by atoms with Crippen molar-refractivity contribution in [2.45, 2.75) is 105 Å². The SMILES string of the molecule is Cc1ccc(-n2c3ccccc3c3cc4c(cc32)C(C)(C)c2ccccc2-4)cc1.Cc1ccc2c(c1)c1cc3c(cc1n2-c1ccccc1)C(C)(C)c1ccccc1-3.Cc1ccc2c3cc4c(cc3n(-c3ccccc3)c2c1)C(C)(C)c1ccccc1-4.Cc1ccccc1-n1c2ccccc2c2cc3c(cc21)C(C)(C)c1ccccc1-3. The fourth-order valence-electron chi connectivity index (χ4n) is 20.7. The van der Waals surface area contributed by atoms with Crippen LogP contribution in [0.4, 0.5) is 0 Å². The highest BCUT2D eigenvalue weighted by Crippen LogP contribution is 2.56. The molecule has 0 atom stereocenters. The monoisotopic (exact) mass is 1490 g/mol. The Labute approximate surface area is 679 Å². The highest BCUT2D eigenvalue weighted by Gasteiger charge is 2.41. The van der Waals surface area contributed by atoms with E-state index in [1.165, 1.54) is 221 Å².